The number of nitrogens with zero attached hydrogens (tertiary/aromatic N) is 2. The third-order valence-electron chi connectivity index (χ3n) is 6.90. The molecular formula is C25H34FN5O4S2. The highest BCUT2D eigenvalue weighted by Gasteiger charge is 2.31. The summed E-state index contributed by atoms with van der Waals surface area (Å²) in [5.74, 6) is -0.694. The summed E-state index contributed by atoms with van der Waals surface area (Å²) in [5, 5.41) is 5.63. The van der Waals surface area contributed by atoms with Crippen LogP contribution in [0.25, 0.3) is 0 Å². The number of benzene rings is 1. The highest BCUT2D eigenvalue weighted by atomic mass is 32.2. The molecule has 202 valence electrons. The van der Waals surface area contributed by atoms with Gasteiger partial charge in [-0.1, -0.05) is 43.4 Å². The average Bonchev–Trinajstić information content (AvgIpc) is 3.41. The number of sulfonamides is 1. The lowest BCUT2D eigenvalue weighted by atomic mass is 9.85. The van der Waals surface area contributed by atoms with Crippen LogP contribution in [0.5, 0.6) is 0 Å². The van der Waals surface area contributed by atoms with Crippen LogP contribution in [0.3, 0.4) is 0 Å². The van der Waals surface area contributed by atoms with Gasteiger partial charge in [0.05, 0.1) is 5.69 Å². The standard InChI is InChI=1S/C25H34FN5O4S2/c1-16-24(36-25(28-16)29-17(2)32)37(34,35)30-21(14-18-6-4-3-5-7-18)23(33)27-11-13-31-12-10-19-15-20(26)8-9-22(19)31/h8-9,15,18,21,30H,3-7,10-14H2,1-2H3,(H,27,33)(H,28,29,32). The minimum atomic E-state index is -4.04. The molecule has 1 aliphatic heterocycles. The zero-order valence-electron chi connectivity index (χ0n) is 21.2. The second-order valence-electron chi connectivity index (χ2n) is 9.79. The third-order valence-corrected chi connectivity index (χ3v) is 10.1. The molecule has 1 saturated carbocycles. The SMILES string of the molecule is CC(=O)Nc1nc(C)c(S(=O)(=O)NC(CC2CCCCC2)C(=O)NCCN2CCc3cc(F)ccc32)s1. The highest BCUT2D eigenvalue weighted by molar-refractivity contribution is 7.91. The Morgan fingerprint density at radius 2 is 2.00 bits per heavy atom. The van der Waals surface area contributed by atoms with Gasteiger partial charge in [0.25, 0.3) is 10.0 Å². The molecule has 2 heterocycles. The molecule has 1 atom stereocenters. The number of thiazole rings is 1. The molecule has 37 heavy (non-hydrogen) atoms. The van der Waals surface area contributed by atoms with Gasteiger partial charge in [-0.15, -0.1) is 0 Å². The Hall–Kier alpha value is -2.57. The fourth-order valence-electron chi connectivity index (χ4n) is 5.15. The number of halogens is 1. The first kappa shape index (κ1) is 27.5. The number of anilines is 2. The third kappa shape index (κ3) is 7.05. The van der Waals surface area contributed by atoms with Gasteiger partial charge in [-0.2, -0.15) is 4.72 Å². The number of carbonyl (C=O) groups excluding carboxylic acids is 2. The van der Waals surface area contributed by atoms with E-state index in [4.69, 9.17) is 0 Å². The van der Waals surface area contributed by atoms with Crippen LogP contribution in [-0.2, 0) is 26.0 Å². The highest BCUT2D eigenvalue weighted by Crippen LogP contribution is 2.31. The molecule has 2 aromatic rings. The van der Waals surface area contributed by atoms with E-state index >= 15 is 0 Å². The van der Waals surface area contributed by atoms with E-state index in [1.54, 1.807) is 19.1 Å². The topological polar surface area (TPSA) is 120 Å². The molecular weight excluding hydrogens is 517 g/mol. The summed E-state index contributed by atoms with van der Waals surface area (Å²) < 4.78 is 42.7. The molecule has 9 nitrogen and oxygen atoms in total. The number of aryl methyl sites for hydroxylation is 1. The summed E-state index contributed by atoms with van der Waals surface area (Å²) in [5.41, 5.74) is 2.18. The normalized spacial score (nSPS) is 16.9. The molecule has 0 radical (unpaired) electrons. The molecule has 0 saturated heterocycles. The van der Waals surface area contributed by atoms with E-state index in [1.165, 1.54) is 13.0 Å². The van der Waals surface area contributed by atoms with Crippen LogP contribution in [0.2, 0.25) is 0 Å². The first-order chi connectivity index (χ1) is 17.6. The van der Waals surface area contributed by atoms with Crippen molar-refractivity contribution in [3.05, 3.63) is 35.3 Å². The Bertz CT molecular complexity index is 1240. The maximum Gasteiger partial charge on any atom is 0.252 e. The Morgan fingerprint density at radius 1 is 1.24 bits per heavy atom. The number of rotatable bonds is 10. The zero-order chi connectivity index (χ0) is 26.6. The predicted octanol–water partition coefficient (Wildman–Crippen LogP) is 3.35. The molecule has 2 amide bonds. The molecule has 1 aliphatic carbocycles. The van der Waals surface area contributed by atoms with E-state index in [0.29, 0.717) is 19.5 Å². The van der Waals surface area contributed by atoms with Crippen molar-refractivity contribution < 1.29 is 22.4 Å². The maximum atomic E-state index is 13.5. The maximum absolute atomic E-state index is 13.5. The minimum absolute atomic E-state index is 0.0152. The van der Waals surface area contributed by atoms with Crippen molar-refractivity contribution in [2.24, 2.45) is 5.92 Å². The molecule has 3 N–H and O–H groups in total. The average molecular weight is 552 g/mol. The first-order valence-corrected chi connectivity index (χ1v) is 15.0. The van der Waals surface area contributed by atoms with E-state index in [1.807, 2.05) is 0 Å². The number of hydrogen-bond acceptors (Lipinski definition) is 7. The molecule has 1 aromatic heterocycles. The van der Waals surface area contributed by atoms with Crippen molar-refractivity contribution >= 4 is 44.0 Å². The number of amides is 2. The first-order valence-electron chi connectivity index (χ1n) is 12.7. The van der Waals surface area contributed by atoms with Gasteiger partial charge in [0.1, 0.15) is 11.9 Å². The Labute approximate surface area is 221 Å². The monoisotopic (exact) mass is 551 g/mol. The Morgan fingerprint density at radius 3 is 2.73 bits per heavy atom. The van der Waals surface area contributed by atoms with Gasteiger partial charge >= 0.3 is 0 Å². The van der Waals surface area contributed by atoms with Crippen molar-refractivity contribution in [1.82, 2.24) is 15.0 Å². The van der Waals surface area contributed by atoms with Gasteiger partial charge < -0.3 is 15.5 Å². The van der Waals surface area contributed by atoms with Gasteiger partial charge in [0, 0.05) is 32.2 Å². The summed E-state index contributed by atoms with van der Waals surface area (Å²) in [6.45, 7) is 4.51. The van der Waals surface area contributed by atoms with Crippen molar-refractivity contribution in [3.63, 3.8) is 0 Å². The molecule has 12 heteroatoms. The molecule has 1 fully saturated rings. The summed E-state index contributed by atoms with van der Waals surface area (Å²) in [7, 11) is -4.04. The van der Waals surface area contributed by atoms with Crippen molar-refractivity contribution in [2.45, 2.75) is 69.0 Å². The predicted molar refractivity (Wildman–Crippen MR) is 142 cm³/mol. The van der Waals surface area contributed by atoms with Crippen LogP contribution >= 0.6 is 11.3 Å². The lowest BCUT2D eigenvalue weighted by Gasteiger charge is -2.27. The second-order valence-corrected chi connectivity index (χ2v) is 12.7. The van der Waals surface area contributed by atoms with Crippen LogP contribution < -0.4 is 20.3 Å². The van der Waals surface area contributed by atoms with E-state index < -0.39 is 16.1 Å². The smallest absolute Gasteiger partial charge is 0.252 e. The Balaban J connectivity index is 1.43. The van der Waals surface area contributed by atoms with Gasteiger partial charge in [-0.25, -0.2) is 17.8 Å². The van der Waals surface area contributed by atoms with Crippen LogP contribution in [-0.4, -0.2) is 50.9 Å². The van der Waals surface area contributed by atoms with Crippen molar-refractivity contribution in [2.75, 3.05) is 29.9 Å². The fourth-order valence-corrected chi connectivity index (χ4v) is 7.84. The fraction of sp³-hybridized carbons (Fsp3) is 0.560. The summed E-state index contributed by atoms with van der Waals surface area (Å²) in [4.78, 5) is 30.9. The molecule has 1 aromatic carbocycles. The summed E-state index contributed by atoms with van der Waals surface area (Å²) in [6.07, 6.45) is 6.43. The molecule has 1 unspecified atom stereocenters. The number of hydrogen-bond donors (Lipinski definition) is 3. The van der Waals surface area contributed by atoms with Crippen LogP contribution in [0.4, 0.5) is 15.2 Å². The second kappa shape index (κ2) is 11.9. The van der Waals surface area contributed by atoms with Gasteiger partial charge in [0.2, 0.25) is 11.8 Å². The van der Waals surface area contributed by atoms with Gasteiger partial charge in [-0.05, 0) is 49.4 Å². The quantitative estimate of drug-likeness (QED) is 0.417. The number of carbonyl (C=O) groups is 2. The number of nitrogens with one attached hydrogen (secondary N) is 3. The Kier molecular flexibility index (Phi) is 8.81. The largest absolute Gasteiger partial charge is 0.369 e. The number of aromatic nitrogens is 1. The van der Waals surface area contributed by atoms with Crippen molar-refractivity contribution in [3.8, 4) is 0 Å². The molecule has 2 aliphatic rings. The lowest BCUT2D eigenvalue weighted by molar-refractivity contribution is -0.123. The lowest BCUT2D eigenvalue weighted by Crippen LogP contribution is -2.49. The number of fused-ring (bicyclic) bond motifs is 1. The van der Waals surface area contributed by atoms with Gasteiger partial charge in [0.15, 0.2) is 9.34 Å². The van der Waals surface area contributed by atoms with Crippen molar-refractivity contribution in [1.29, 1.82) is 0 Å². The molecule has 4 rings (SSSR count). The summed E-state index contributed by atoms with van der Waals surface area (Å²) >= 11 is 0.865. The van der Waals surface area contributed by atoms with E-state index in [2.05, 4.69) is 25.2 Å². The van der Waals surface area contributed by atoms with Crippen LogP contribution in [0, 0.1) is 18.7 Å². The molecule has 0 spiro atoms. The van der Waals surface area contributed by atoms with E-state index in [-0.39, 0.29) is 38.6 Å². The summed E-state index contributed by atoms with van der Waals surface area (Å²) in [6, 6.07) is 3.82. The molecule has 0 bridgehead atoms. The van der Waals surface area contributed by atoms with Gasteiger partial charge in [-0.3, -0.25) is 9.59 Å². The van der Waals surface area contributed by atoms with E-state index in [9.17, 15) is 22.4 Å². The van der Waals surface area contributed by atoms with Crippen LogP contribution in [0.1, 0.15) is 56.7 Å². The minimum Gasteiger partial charge on any atom is -0.369 e. The van der Waals surface area contributed by atoms with E-state index in [0.717, 1.165) is 67.7 Å². The van der Waals surface area contributed by atoms with Crippen LogP contribution in [0.15, 0.2) is 22.4 Å². The zero-order valence-corrected chi connectivity index (χ0v) is 22.8.